The Morgan fingerprint density at radius 2 is 1.85 bits per heavy atom. The molecule has 3 amide bonds. The Morgan fingerprint density at radius 3 is 2.48 bits per heavy atom. The Labute approximate surface area is 159 Å². The molecule has 2 saturated heterocycles. The van der Waals surface area contributed by atoms with E-state index in [0.717, 1.165) is 44.9 Å². The van der Waals surface area contributed by atoms with Crippen LogP contribution in [0.1, 0.15) is 64.2 Å². The van der Waals surface area contributed by atoms with Crippen LogP contribution in [0, 0.1) is 11.8 Å². The largest absolute Gasteiger partial charge is 0.393 e. The van der Waals surface area contributed by atoms with E-state index in [4.69, 9.17) is 0 Å². The predicted molar refractivity (Wildman–Crippen MR) is 96.4 cm³/mol. The summed E-state index contributed by atoms with van der Waals surface area (Å²) in [5.41, 5.74) is -0.0413. The van der Waals surface area contributed by atoms with E-state index < -0.39 is 0 Å². The van der Waals surface area contributed by atoms with Crippen molar-refractivity contribution in [3.63, 3.8) is 0 Å². The lowest BCUT2D eigenvalue weighted by Gasteiger charge is -2.39. The SMILES string of the molecule is O=C1CCC2(CCC(NC(=O)[C@H]3C[C@H]4C[C@H]4N3C(=O)C3CC(O)C3)CC2)N1. The third-order valence-corrected chi connectivity index (χ3v) is 7.65. The normalized spacial score (nSPS) is 45.2. The number of rotatable bonds is 3. The van der Waals surface area contributed by atoms with Crippen molar-refractivity contribution in [2.75, 3.05) is 0 Å². The molecule has 3 atom stereocenters. The molecule has 148 valence electrons. The van der Waals surface area contributed by atoms with Gasteiger partial charge in [0.1, 0.15) is 6.04 Å². The topological polar surface area (TPSA) is 98.7 Å². The molecular formula is C20H29N3O4. The fourth-order valence-electron chi connectivity index (χ4n) is 5.77. The molecule has 3 aliphatic carbocycles. The molecule has 0 bridgehead atoms. The minimum absolute atomic E-state index is 0.00757. The van der Waals surface area contributed by atoms with E-state index >= 15 is 0 Å². The van der Waals surface area contributed by atoms with Crippen LogP contribution in [0.15, 0.2) is 0 Å². The lowest BCUT2D eigenvalue weighted by Crippen LogP contribution is -2.55. The molecule has 2 aliphatic heterocycles. The van der Waals surface area contributed by atoms with Gasteiger partial charge in [-0.25, -0.2) is 0 Å². The van der Waals surface area contributed by atoms with Gasteiger partial charge >= 0.3 is 0 Å². The van der Waals surface area contributed by atoms with E-state index in [2.05, 4.69) is 10.6 Å². The smallest absolute Gasteiger partial charge is 0.243 e. The van der Waals surface area contributed by atoms with Crippen LogP contribution in [0.25, 0.3) is 0 Å². The third-order valence-electron chi connectivity index (χ3n) is 7.65. The molecule has 1 spiro atoms. The number of fused-ring (bicyclic) bond motifs is 1. The molecule has 2 heterocycles. The number of piperidine rings is 1. The van der Waals surface area contributed by atoms with Gasteiger partial charge in [0.2, 0.25) is 17.7 Å². The minimum atomic E-state index is -0.352. The summed E-state index contributed by atoms with van der Waals surface area (Å²) >= 11 is 0. The molecule has 7 nitrogen and oxygen atoms in total. The third kappa shape index (κ3) is 3.04. The number of aliphatic hydroxyl groups is 1. The summed E-state index contributed by atoms with van der Waals surface area (Å²) < 4.78 is 0. The van der Waals surface area contributed by atoms with Crippen molar-refractivity contribution in [3.05, 3.63) is 0 Å². The molecule has 0 radical (unpaired) electrons. The van der Waals surface area contributed by atoms with Crippen LogP contribution in [0.3, 0.4) is 0 Å². The fourth-order valence-corrected chi connectivity index (χ4v) is 5.77. The first-order valence-electron chi connectivity index (χ1n) is 10.6. The van der Waals surface area contributed by atoms with E-state index in [9.17, 15) is 19.5 Å². The second-order valence-corrected chi connectivity index (χ2v) is 9.49. The molecule has 5 aliphatic rings. The Balaban J connectivity index is 1.17. The molecule has 0 aromatic rings. The first-order valence-corrected chi connectivity index (χ1v) is 10.6. The summed E-state index contributed by atoms with van der Waals surface area (Å²) in [6.07, 6.45) is 7.67. The van der Waals surface area contributed by atoms with Gasteiger partial charge in [0.25, 0.3) is 0 Å². The highest BCUT2D eigenvalue weighted by Gasteiger charge is 2.57. The summed E-state index contributed by atoms with van der Waals surface area (Å²) in [4.78, 5) is 39.1. The van der Waals surface area contributed by atoms with Gasteiger partial charge in [0, 0.05) is 30.0 Å². The number of nitrogens with zero attached hydrogens (tertiary/aromatic N) is 1. The number of carbonyl (C=O) groups excluding carboxylic acids is 3. The molecule has 0 aromatic carbocycles. The van der Waals surface area contributed by atoms with Gasteiger partial charge in [-0.3, -0.25) is 14.4 Å². The fraction of sp³-hybridized carbons (Fsp3) is 0.850. The van der Waals surface area contributed by atoms with Gasteiger partial charge in [0.15, 0.2) is 0 Å². The van der Waals surface area contributed by atoms with Crippen LogP contribution >= 0.6 is 0 Å². The predicted octanol–water partition coefficient (Wildman–Crippen LogP) is 0.454. The average Bonchev–Trinajstić information content (AvgIpc) is 3.13. The van der Waals surface area contributed by atoms with E-state index in [0.29, 0.717) is 25.2 Å². The maximum atomic E-state index is 12.9. The monoisotopic (exact) mass is 375 g/mol. The highest BCUT2D eigenvalue weighted by atomic mass is 16.3. The lowest BCUT2D eigenvalue weighted by atomic mass is 9.78. The van der Waals surface area contributed by atoms with Crippen molar-refractivity contribution in [2.45, 2.75) is 94.0 Å². The van der Waals surface area contributed by atoms with Crippen molar-refractivity contribution in [1.29, 1.82) is 0 Å². The summed E-state index contributed by atoms with van der Waals surface area (Å²) in [5, 5.41) is 15.8. The van der Waals surface area contributed by atoms with E-state index in [1.165, 1.54) is 0 Å². The molecule has 3 saturated carbocycles. The summed E-state index contributed by atoms with van der Waals surface area (Å²) in [5.74, 6) is 0.597. The molecule has 3 N–H and O–H groups in total. The van der Waals surface area contributed by atoms with Crippen LogP contribution in [-0.2, 0) is 14.4 Å². The Kier molecular flexibility index (Phi) is 4.00. The maximum absolute atomic E-state index is 12.9. The Hall–Kier alpha value is -1.63. The molecule has 5 fully saturated rings. The van der Waals surface area contributed by atoms with E-state index in [-0.39, 0.29) is 53.4 Å². The van der Waals surface area contributed by atoms with Crippen LogP contribution in [-0.4, -0.2) is 57.5 Å². The van der Waals surface area contributed by atoms with Crippen LogP contribution in [0.4, 0.5) is 0 Å². The molecular weight excluding hydrogens is 346 g/mol. The van der Waals surface area contributed by atoms with Crippen molar-refractivity contribution in [2.24, 2.45) is 11.8 Å². The van der Waals surface area contributed by atoms with Crippen molar-refractivity contribution >= 4 is 17.7 Å². The quantitative estimate of drug-likeness (QED) is 0.667. The first kappa shape index (κ1) is 17.5. The first-order chi connectivity index (χ1) is 12.9. The highest BCUT2D eigenvalue weighted by Crippen LogP contribution is 2.49. The van der Waals surface area contributed by atoms with Crippen molar-refractivity contribution in [1.82, 2.24) is 15.5 Å². The summed E-state index contributed by atoms with van der Waals surface area (Å²) in [6, 6.07) is 0.0513. The zero-order valence-electron chi connectivity index (χ0n) is 15.7. The number of hydrogen-bond acceptors (Lipinski definition) is 4. The second-order valence-electron chi connectivity index (χ2n) is 9.49. The molecule has 5 rings (SSSR count). The van der Waals surface area contributed by atoms with Gasteiger partial charge < -0.3 is 20.6 Å². The maximum Gasteiger partial charge on any atom is 0.243 e. The summed E-state index contributed by atoms with van der Waals surface area (Å²) in [7, 11) is 0. The zero-order valence-corrected chi connectivity index (χ0v) is 15.7. The molecule has 27 heavy (non-hydrogen) atoms. The number of amides is 3. The number of likely N-dealkylation sites (tertiary alicyclic amines) is 1. The van der Waals surface area contributed by atoms with E-state index in [1.807, 2.05) is 4.90 Å². The average molecular weight is 375 g/mol. The van der Waals surface area contributed by atoms with E-state index in [1.54, 1.807) is 0 Å². The van der Waals surface area contributed by atoms with Crippen molar-refractivity contribution < 1.29 is 19.5 Å². The molecule has 0 unspecified atom stereocenters. The number of aliphatic hydroxyl groups excluding tert-OH is 1. The zero-order chi connectivity index (χ0) is 18.8. The second kappa shape index (κ2) is 6.19. The van der Waals surface area contributed by atoms with Gasteiger partial charge in [0.05, 0.1) is 6.10 Å². The van der Waals surface area contributed by atoms with Crippen LogP contribution in [0.5, 0.6) is 0 Å². The van der Waals surface area contributed by atoms with Crippen LogP contribution < -0.4 is 10.6 Å². The van der Waals surface area contributed by atoms with Gasteiger partial charge in [-0.05, 0) is 63.7 Å². The van der Waals surface area contributed by atoms with Gasteiger partial charge in [-0.2, -0.15) is 0 Å². The lowest BCUT2D eigenvalue weighted by molar-refractivity contribution is -0.148. The minimum Gasteiger partial charge on any atom is -0.393 e. The highest BCUT2D eigenvalue weighted by molar-refractivity contribution is 5.90. The molecule has 0 aromatic heterocycles. The molecule has 7 heteroatoms. The standard InChI is InChI=1S/C20H29N3O4/c24-14-7-12(8-14)19(27)23-15-9-11(15)10-16(23)18(26)21-13-1-4-20(5-2-13)6-3-17(25)22-20/h11-16,24H,1-10H2,(H,21,26)(H,22,25)/t11-,12?,13?,14?,15-,16-,20?/m1/s1. The number of carbonyl (C=O) groups is 3. The van der Waals surface area contributed by atoms with Gasteiger partial charge in [-0.1, -0.05) is 0 Å². The summed E-state index contributed by atoms with van der Waals surface area (Å²) in [6.45, 7) is 0. The Morgan fingerprint density at radius 1 is 1.11 bits per heavy atom. The van der Waals surface area contributed by atoms with Gasteiger partial charge in [-0.15, -0.1) is 0 Å². The number of nitrogens with one attached hydrogen (secondary N) is 2. The van der Waals surface area contributed by atoms with Crippen LogP contribution in [0.2, 0.25) is 0 Å². The van der Waals surface area contributed by atoms with Crippen molar-refractivity contribution in [3.8, 4) is 0 Å². The number of hydrogen-bond donors (Lipinski definition) is 3. The Bertz CT molecular complexity index is 666.